The SMILES string of the molecule is Cc1nn(C)c(C)c1OCc1ccc(C(=O)O)cc1Br. The molecule has 2 aromatic rings. The highest BCUT2D eigenvalue weighted by Gasteiger charge is 2.12. The normalized spacial score (nSPS) is 10.6. The van der Waals surface area contributed by atoms with Crippen LogP contribution in [0.1, 0.15) is 27.3 Å². The number of carbonyl (C=O) groups is 1. The molecule has 1 N–H and O–H groups in total. The lowest BCUT2D eigenvalue weighted by molar-refractivity contribution is 0.0696. The number of carboxylic acid groups (broad SMARTS) is 1. The van der Waals surface area contributed by atoms with Gasteiger partial charge >= 0.3 is 5.97 Å². The first kappa shape index (κ1) is 14.6. The van der Waals surface area contributed by atoms with Gasteiger partial charge in [-0.2, -0.15) is 5.10 Å². The summed E-state index contributed by atoms with van der Waals surface area (Å²) >= 11 is 3.37. The van der Waals surface area contributed by atoms with Crippen molar-refractivity contribution >= 4 is 21.9 Å². The van der Waals surface area contributed by atoms with E-state index < -0.39 is 5.97 Å². The predicted octanol–water partition coefficient (Wildman–Crippen LogP) is 3.08. The minimum atomic E-state index is -0.947. The Kier molecular flexibility index (Phi) is 4.13. The van der Waals surface area contributed by atoms with Gasteiger partial charge in [0.05, 0.1) is 11.3 Å². The van der Waals surface area contributed by atoms with Crippen LogP contribution in [0, 0.1) is 13.8 Å². The number of hydrogen-bond donors (Lipinski definition) is 1. The Bertz CT molecular complexity index is 665. The third kappa shape index (κ3) is 2.85. The Labute approximate surface area is 125 Å². The Hall–Kier alpha value is -1.82. The fourth-order valence-corrected chi connectivity index (χ4v) is 2.40. The number of nitrogens with zero attached hydrogens (tertiary/aromatic N) is 2. The first-order chi connectivity index (χ1) is 9.40. The molecule has 0 atom stereocenters. The number of hydrogen-bond acceptors (Lipinski definition) is 3. The third-order valence-corrected chi connectivity index (χ3v) is 3.85. The molecule has 0 radical (unpaired) electrons. The second kappa shape index (κ2) is 5.66. The van der Waals surface area contributed by atoms with Crippen molar-refractivity contribution in [3.05, 3.63) is 45.2 Å². The minimum Gasteiger partial charge on any atom is -0.485 e. The number of ether oxygens (including phenoxy) is 1. The van der Waals surface area contributed by atoms with Crippen molar-refractivity contribution in [2.75, 3.05) is 0 Å². The van der Waals surface area contributed by atoms with Crippen LogP contribution in [0.15, 0.2) is 22.7 Å². The van der Waals surface area contributed by atoms with Gasteiger partial charge in [0.15, 0.2) is 5.75 Å². The number of halogens is 1. The Morgan fingerprint density at radius 2 is 2.15 bits per heavy atom. The molecule has 0 aliphatic carbocycles. The maximum Gasteiger partial charge on any atom is 0.335 e. The van der Waals surface area contributed by atoms with Crippen molar-refractivity contribution in [3.8, 4) is 5.75 Å². The average Bonchev–Trinajstić information content (AvgIpc) is 2.62. The highest BCUT2D eigenvalue weighted by molar-refractivity contribution is 9.10. The van der Waals surface area contributed by atoms with E-state index >= 15 is 0 Å². The molecule has 0 unspecified atom stereocenters. The molecule has 1 heterocycles. The molecule has 5 nitrogen and oxygen atoms in total. The lowest BCUT2D eigenvalue weighted by atomic mass is 10.1. The van der Waals surface area contributed by atoms with Gasteiger partial charge in [-0.1, -0.05) is 22.0 Å². The summed E-state index contributed by atoms with van der Waals surface area (Å²) in [6.07, 6.45) is 0. The fraction of sp³-hybridized carbons (Fsp3) is 0.286. The summed E-state index contributed by atoms with van der Waals surface area (Å²) in [5.41, 5.74) is 2.93. The van der Waals surface area contributed by atoms with E-state index in [1.807, 2.05) is 20.9 Å². The second-order valence-corrected chi connectivity index (χ2v) is 5.38. The van der Waals surface area contributed by atoms with Crippen molar-refractivity contribution in [2.24, 2.45) is 7.05 Å². The molecule has 0 saturated heterocycles. The van der Waals surface area contributed by atoms with E-state index in [9.17, 15) is 4.79 Å². The zero-order valence-corrected chi connectivity index (χ0v) is 13.1. The molecule has 0 amide bonds. The van der Waals surface area contributed by atoms with E-state index in [-0.39, 0.29) is 5.56 Å². The topological polar surface area (TPSA) is 64.4 Å². The number of aromatic carboxylic acids is 1. The zero-order valence-electron chi connectivity index (χ0n) is 11.5. The van der Waals surface area contributed by atoms with E-state index in [4.69, 9.17) is 9.84 Å². The molecule has 0 aliphatic rings. The lowest BCUT2D eigenvalue weighted by Crippen LogP contribution is -2.01. The number of benzene rings is 1. The molecular formula is C14H15BrN2O3. The van der Waals surface area contributed by atoms with Crippen molar-refractivity contribution in [1.82, 2.24) is 9.78 Å². The standard InChI is InChI=1S/C14H15BrN2O3/c1-8-13(9(2)17(3)16-8)20-7-11-5-4-10(14(18)19)6-12(11)15/h4-6H,7H2,1-3H3,(H,18,19). The van der Waals surface area contributed by atoms with Gasteiger partial charge in [-0.05, 0) is 26.0 Å². The summed E-state index contributed by atoms with van der Waals surface area (Å²) in [5.74, 6) is -0.182. The maximum absolute atomic E-state index is 10.9. The summed E-state index contributed by atoms with van der Waals surface area (Å²) in [5, 5.41) is 13.2. The molecule has 1 aromatic heterocycles. The van der Waals surface area contributed by atoms with Gasteiger partial charge in [0, 0.05) is 17.1 Å². The van der Waals surface area contributed by atoms with Crippen LogP contribution in [0.4, 0.5) is 0 Å². The van der Waals surface area contributed by atoms with Crippen molar-refractivity contribution in [1.29, 1.82) is 0 Å². The monoisotopic (exact) mass is 338 g/mol. The highest BCUT2D eigenvalue weighted by Crippen LogP contribution is 2.25. The summed E-state index contributed by atoms with van der Waals surface area (Å²) in [7, 11) is 1.87. The first-order valence-electron chi connectivity index (χ1n) is 6.05. The molecule has 0 fully saturated rings. The second-order valence-electron chi connectivity index (χ2n) is 4.52. The van der Waals surface area contributed by atoms with Crippen molar-refractivity contribution < 1.29 is 14.6 Å². The first-order valence-corrected chi connectivity index (χ1v) is 6.84. The van der Waals surface area contributed by atoms with Crippen LogP contribution in [0.5, 0.6) is 5.75 Å². The quantitative estimate of drug-likeness (QED) is 0.930. The average molecular weight is 339 g/mol. The highest BCUT2D eigenvalue weighted by atomic mass is 79.9. The Morgan fingerprint density at radius 3 is 2.65 bits per heavy atom. The van der Waals surface area contributed by atoms with E-state index in [1.54, 1.807) is 22.9 Å². The molecule has 0 bridgehead atoms. The summed E-state index contributed by atoms with van der Waals surface area (Å²) in [4.78, 5) is 10.9. The number of aryl methyl sites for hydroxylation is 2. The van der Waals surface area contributed by atoms with Crippen LogP contribution in [-0.4, -0.2) is 20.9 Å². The van der Waals surface area contributed by atoms with E-state index in [0.717, 1.165) is 27.2 Å². The Morgan fingerprint density at radius 1 is 1.45 bits per heavy atom. The van der Waals surface area contributed by atoms with Gasteiger partial charge in [0.1, 0.15) is 12.3 Å². The van der Waals surface area contributed by atoms with Crippen LogP contribution >= 0.6 is 15.9 Å². The molecule has 2 rings (SSSR count). The molecule has 0 aliphatic heterocycles. The van der Waals surface area contributed by atoms with Gasteiger partial charge in [0.25, 0.3) is 0 Å². The smallest absolute Gasteiger partial charge is 0.335 e. The maximum atomic E-state index is 10.9. The van der Waals surface area contributed by atoms with Gasteiger partial charge in [0.2, 0.25) is 0 Å². The number of aromatic nitrogens is 2. The summed E-state index contributed by atoms with van der Waals surface area (Å²) in [6, 6.07) is 4.88. The minimum absolute atomic E-state index is 0.245. The lowest BCUT2D eigenvalue weighted by Gasteiger charge is -2.09. The third-order valence-electron chi connectivity index (χ3n) is 3.11. The van der Waals surface area contributed by atoms with Crippen LogP contribution in [0.25, 0.3) is 0 Å². The van der Waals surface area contributed by atoms with Crippen LogP contribution in [0.2, 0.25) is 0 Å². The molecule has 1 aromatic carbocycles. The molecule has 106 valence electrons. The molecular weight excluding hydrogens is 324 g/mol. The van der Waals surface area contributed by atoms with Crippen LogP contribution in [0.3, 0.4) is 0 Å². The molecule has 0 spiro atoms. The van der Waals surface area contributed by atoms with E-state index in [2.05, 4.69) is 21.0 Å². The molecule has 6 heteroatoms. The molecule has 20 heavy (non-hydrogen) atoms. The van der Waals surface area contributed by atoms with E-state index in [1.165, 1.54) is 0 Å². The number of carboxylic acids is 1. The van der Waals surface area contributed by atoms with Crippen molar-refractivity contribution in [2.45, 2.75) is 20.5 Å². The van der Waals surface area contributed by atoms with Crippen LogP contribution in [-0.2, 0) is 13.7 Å². The molecule has 0 saturated carbocycles. The predicted molar refractivity (Wildman–Crippen MR) is 78.1 cm³/mol. The van der Waals surface area contributed by atoms with Gasteiger partial charge in [-0.15, -0.1) is 0 Å². The zero-order chi connectivity index (χ0) is 14.9. The van der Waals surface area contributed by atoms with Gasteiger partial charge in [-0.25, -0.2) is 4.79 Å². The number of rotatable bonds is 4. The van der Waals surface area contributed by atoms with Gasteiger partial charge in [-0.3, -0.25) is 4.68 Å². The fourth-order valence-electron chi connectivity index (χ4n) is 1.91. The van der Waals surface area contributed by atoms with Crippen molar-refractivity contribution in [3.63, 3.8) is 0 Å². The van der Waals surface area contributed by atoms with E-state index in [0.29, 0.717) is 6.61 Å². The van der Waals surface area contributed by atoms with Gasteiger partial charge < -0.3 is 9.84 Å². The largest absolute Gasteiger partial charge is 0.485 e. The summed E-state index contributed by atoms with van der Waals surface area (Å²) in [6.45, 7) is 4.19. The summed E-state index contributed by atoms with van der Waals surface area (Å²) < 4.78 is 8.29. The Balaban J connectivity index is 2.17. The van der Waals surface area contributed by atoms with Crippen LogP contribution < -0.4 is 4.74 Å².